The Bertz CT molecular complexity index is 273. The van der Waals surface area contributed by atoms with E-state index < -0.39 is 0 Å². The molecule has 98 valence electrons. The Morgan fingerprint density at radius 1 is 1.41 bits per heavy atom. The van der Waals surface area contributed by atoms with Gasteiger partial charge < -0.3 is 10.0 Å². The third-order valence-corrected chi connectivity index (χ3v) is 3.60. The van der Waals surface area contributed by atoms with Gasteiger partial charge in [0.1, 0.15) is 0 Å². The Kier molecular flexibility index (Phi) is 5.69. The van der Waals surface area contributed by atoms with Gasteiger partial charge in [0.25, 0.3) is 0 Å². The summed E-state index contributed by atoms with van der Waals surface area (Å²) in [6.07, 6.45) is 11.3. The zero-order chi connectivity index (χ0) is 12.7. The first-order valence-electron chi connectivity index (χ1n) is 6.58. The van der Waals surface area contributed by atoms with Crippen molar-refractivity contribution in [3.63, 3.8) is 0 Å². The van der Waals surface area contributed by atoms with Gasteiger partial charge in [0.05, 0.1) is 0 Å². The fraction of sp³-hybridized carbons (Fsp3) is 0.786. The number of rotatable bonds is 6. The first-order valence-corrected chi connectivity index (χ1v) is 6.58. The number of nitrogens with zero attached hydrogens (tertiary/aromatic N) is 1. The zero-order valence-electron chi connectivity index (χ0n) is 11.1. The van der Waals surface area contributed by atoms with Crippen molar-refractivity contribution >= 4 is 5.91 Å². The summed E-state index contributed by atoms with van der Waals surface area (Å²) in [7, 11) is 3.63. The molecule has 0 aliphatic heterocycles. The lowest BCUT2D eigenvalue weighted by Crippen LogP contribution is -2.31. The molecule has 0 aromatic heterocycles. The number of amides is 1. The van der Waals surface area contributed by atoms with Crippen molar-refractivity contribution in [1.82, 2.24) is 4.90 Å². The van der Waals surface area contributed by atoms with Gasteiger partial charge in [0.15, 0.2) is 0 Å². The van der Waals surface area contributed by atoms with E-state index in [1.807, 2.05) is 14.1 Å². The summed E-state index contributed by atoms with van der Waals surface area (Å²) in [4.78, 5) is 13.6. The lowest BCUT2D eigenvalue weighted by molar-refractivity contribution is -0.130. The van der Waals surface area contributed by atoms with Crippen LogP contribution in [0.2, 0.25) is 0 Å². The third kappa shape index (κ3) is 4.50. The molecule has 0 spiro atoms. The van der Waals surface area contributed by atoms with Crippen LogP contribution >= 0.6 is 0 Å². The van der Waals surface area contributed by atoms with E-state index in [1.165, 1.54) is 6.42 Å². The number of aliphatic hydroxyl groups excluding tert-OH is 1. The van der Waals surface area contributed by atoms with E-state index in [0.717, 1.165) is 32.1 Å². The molecule has 1 rings (SSSR count). The summed E-state index contributed by atoms with van der Waals surface area (Å²) in [6.45, 7) is 0.251. The Labute approximate surface area is 105 Å². The highest BCUT2D eigenvalue weighted by Crippen LogP contribution is 2.39. The van der Waals surface area contributed by atoms with Gasteiger partial charge in [-0.2, -0.15) is 0 Å². The minimum absolute atomic E-state index is 0.0504. The molecule has 1 aliphatic rings. The van der Waals surface area contributed by atoms with Crippen LogP contribution in [0.1, 0.15) is 44.9 Å². The summed E-state index contributed by atoms with van der Waals surface area (Å²) in [5, 5.41) is 8.86. The molecule has 0 radical (unpaired) electrons. The largest absolute Gasteiger partial charge is 0.396 e. The average Bonchev–Trinajstić information content (AvgIpc) is 2.30. The van der Waals surface area contributed by atoms with Crippen molar-refractivity contribution in [2.45, 2.75) is 44.9 Å². The van der Waals surface area contributed by atoms with E-state index in [0.29, 0.717) is 6.42 Å². The van der Waals surface area contributed by atoms with Crippen LogP contribution < -0.4 is 0 Å². The highest BCUT2D eigenvalue weighted by Gasteiger charge is 2.31. The highest BCUT2D eigenvalue weighted by molar-refractivity contribution is 5.76. The summed E-state index contributed by atoms with van der Waals surface area (Å²) in [5.41, 5.74) is 0.0504. The molecule has 0 aromatic carbocycles. The molecule has 0 saturated heterocycles. The smallest absolute Gasteiger partial charge is 0.222 e. The average molecular weight is 239 g/mol. The molecule has 1 N–H and O–H groups in total. The summed E-state index contributed by atoms with van der Waals surface area (Å²) in [6, 6.07) is 0. The van der Waals surface area contributed by atoms with E-state index in [2.05, 4.69) is 12.2 Å². The maximum absolute atomic E-state index is 11.9. The Morgan fingerprint density at radius 2 is 2.18 bits per heavy atom. The van der Waals surface area contributed by atoms with Gasteiger partial charge in [-0.25, -0.2) is 0 Å². The molecule has 0 fully saturated rings. The van der Waals surface area contributed by atoms with Crippen LogP contribution in [-0.4, -0.2) is 36.6 Å². The number of unbranched alkanes of at least 4 members (excludes halogenated alkanes) is 1. The van der Waals surface area contributed by atoms with Crippen LogP contribution in [0, 0.1) is 5.41 Å². The fourth-order valence-corrected chi connectivity index (χ4v) is 2.48. The van der Waals surface area contributed by atoms with Crippen molar-refractivity contribution in [3.8, 4) is 0 Å². The maximum Gasteiger partial charge on any atom is 0.222 e. The van der Waals surface area contributed by atoms with Crippen LogP contribution in [0.15, 0.2) is 12.2 Å². The zero-order valence-corrected chi connectivity index (χ0v) is 11.1. The molecule has 0 heterocycles. The number of carbonyl (C=O) groups is 1. The standard InChI is InChI=1S/C14H25NO2/c1-15(2)13(17)12-14(10-6-7-11-16)8-4-3-5-9-14/h4,8,16H,3,5-7,9-12H2,1-2H3/t14-/m1/s1. The van der Waals surface area contributed by atoms with E-state index >= 15 is 0 Å². The van der Waals surface area contributed by atoms with Crippen LogP contribution in [0.25, 0.3) is 0 Å². The van der Waals surface area contributed by atoms with Crippen LogP contribution in [0.3, 0.4) is 0 Å². The second-order valence-electron chi connectivity index (χ2n) is 5.30. The van der Waals surface area contributed by atoms with Crippen molar-refractivity contribution < 1.29 is 9.90 Å². The summed E-state index contributed by atoms with van der Waals surface area (Å²) < 4.78 is 0. The summed E-state index contributed by atoms with van der Waals surface area (Å²) in [5.74, 6) is 0.209. The predicted molar refractivity (Wildman–Crippen MR) is 69.7 cm³/mol. The minimum Gasteiger partial charge on any atom is -0.396 e. The van der Waals surface area contributed by atoms with Gasteiger partial charge in [0, 0.05) is 27.1 Å². The molecule has 1 amide bonds. The first kappa shape index (κ1) is 14.2. The highest BCUT2D eigenvalue weighted by atomic mass is 16.2. The van der Waals surface area contributed by atoms with Crippen molar-refractivity contribution in [3.05, 3.63) is 12.2 Å². The lowest BCUT2D eigenvalue weighted by Gasteiger charge is -2.33. The minimum atomic E-state index is 0.0504. The van der Waals surface area contributed by atoms with Crippen LogP contribution in [-0.2, 0) is 4.79 Å². The monoisotopic (exact) mass is 239 g/mol. The molecule has 3 nitrogen and oxygen atoms in total. The number of carbonyl (C=O) groups excluding carboxylic acids is 1. The van der Waals surface area contributed by atoms with Gasteiger partial charge in [-0.15, -0.1) is 0 Å². The van der Waals surface area contributed by atoms with E-state index in [-0.39, 0.29) is 17.9 Å². The van der Waals surface area contributed by atoms with Crippen LogP contribution in [0.5, 0.6) is 0 Å². The molecular formula is C14H25NO2. The van der Waals surface area contributed by atoms with Gasteiger partial charge in [0.2, 0.25) is 5.91 Å². The predicted octanol–water partition coefficient (Wildman–Crippen LogP) is 2.35. The number of aliphatic hydroxyl groups is 1. The van der Waals surface area contributed by atoms with Crippen molar-refractivity contribution in [2.75, 3.05) is 20.7 Å². The van der Waals surface area contributed by atoms with Crippen molar-refractivity contribution in [2.24, 2.45) is 5.41 Å². The molecule has 0 saturated carbocycles. The second kappa shape index (κ2) is 6.80. The van der Waals surface area contributed by atoms with Gasteiger partial charge in [-0.3, -0.25) is 4.79 Å². The van der Waals surface area contributed by atoms with Crippen LogP contribution in [0.4, 0.5) is 0 Å². The quantitative estimate of drug-likeness (QED) is 0.571. The van der Waals surface area contributed by atoms with E-state index in [4.69, 9.17) is 5.11 Å². The second-order valence-corrected chi connectivity index (χ2v) is 5.30. The van der Waals surface area contributed by atoms with Gasteiger partial charge >= 0.3 is 0 Å². The molecular weight excluding hydrogens is 214 g/mol. The Hall–Kier alpha value is -0.830. The number of hydrogen-bond acceptors (Lipinski definition) is 2. The first-order chi connectivity index (χ1) is 8.09. The third-order valence-electron chi connectivity index (χ3n) is 3.60. The van der Waals surface area contributed by atoms with E-state index in [1.54, 1.807) is 4.90 Å². The van der Waals surface area contributed by atoms with E-state index in [9.17, 15) is 4.79 Å². The topological polar surface area (TPSA) is 40.5 Å². The molecule has 0 aromatic rings. The molecule has 1 aliphatic carbocycles. The number of allylic oxidation sites excluding steroid dienone is 2. The Morgan fingerprint density at radius 3 is 2.71 bits per heavy atom. The molecule has 0 unspecified atom stereocenters. The van der Waals surface area contributed by atoms with Gasteiger partial charge in [-0.1, -0.05) is 18.6 Å². The van der Waals surface area contributed by atoms with Crippen molar-refractivity contribution in [1.29, 1.82) is 0 Å². The lowest BCUT2D eigenvalue weighted by atomic mass is 9.72. The molecule has 3 heteroatoms. The SMILES string of the molecule is CN(C)C(=O)C[C@]1(CCCCO)C=CCCC1. The normalized spacial score (nSPS) is 23.7. The Balaban J connectivity index is 2.61. The fourth-order valence-electron chi connectivity index (χ4n) is 2.48. The number of hydrogen-bond donors (Lipinski definition) is 1. The maximum atomic E-state index is 11.9. The molecule has 1 atom stereocenters. The molecule has 17 heavy (non-hydrogen) atoms. The van der Waals surface area contributed by atoms with Gasteiger partial charge in [-0.05, 0) is 37.5 Å². The molecule has 0 bridgehead atoms. The summed E-state index contributed by atoms with van der Waals surface area (Å²) >= 11 is 0.